The van der Waals surface area contributed by atoms with Gasteiger partial charge in [0, 0.05) is 24.2 Å². The molecule has 1 aromatic carbocycles. The highest BCUT2D eigenvalue weighted by Gasteiger charge is 2.07. The third-order valence-corrected chi connectivity index (χ3v) is 2.56. The summed E-state index contributed by atoms with van der Waals surface area (Å²) in [4.78, 5) is 14.6. The Morgan fingerprint density at radius 1 is 1.33 bits per heavy atom. The number of aliphatic hydroxyl groups excluding tert-OH is 1. The van der Waals surface area contributed by atoms with Gasteiger partial charge in [0.05, 0.1) is 0 Å². The lowest BCUT2D eigenvalue weighted by Gasteiger charge is -2.05. The molecule has 0 spiro atoms. The molecule has 0 unspecified atom stereocenters. The van der Waals surface area contributed by atoms with Crippen molar-refractivity contribution in [3.05, 3.63) is 47.8 Å². The molecule has 0 radical (unpaired) electrons. The molecule has 0 aliphatic rings. The van der Waals surface area contributed by atoms with Gasteiger partial charge in [0.25, 0.3) is 5.91 Å². The van der Waals surface area contributed by atoms with Crippen LogP contribution in [0.25, 0.3) is 0 Å². The molecule has 2 rings (SSSR count). The molecule has 0 aliphatic carbocycles. The van der Waals surface area contributed by atoms with E-state index in [0.717, 1.165) is 5.56 Å². The number of aliphatic hydroxyl groups is 1. The molecule has 1 aromatic heterocycles. The number of benzene rings is 1. The highest BCUT2D eigenvalue weighted by Crippen LogP contribution is 2.12. The Morgan fingerprint density at radius 3 is 2.61 bits per heavy atom. The van der Waals surface area contributed by atoms with Crippen molar-refractivity contribution in [1.29, 1.82) is 0 Å². The SMILES string of the molecule is Nc1c[nH]c(C(=O)Nc2ccc(CCO)cc2)c1. The van der Waals surface area contributed by atoms with E-state index >= 15 is 0 Å². The summed E-state index contributed by atoms with van der Waals surface area (Å²) in [7, 11) is 0. The summed E-state index contributed by atoms with van der Waals surface area (Å²) < 4.78 is 0. The number of H-pyrrole nitrogens is 1. The van der Waals surface area contributed by atoms with Crippen molar-refractivity contribution in [1.82, 2.24) is 4.98 Å². The Kier molecular flexibility index (Phi) is 3.64. The van der Waals surface area contributed by atoms with E-state index in [1.807, 2.05) is 12.1 Å². The first kappa shape index (κ1) is 12.2. The third kappa shape index (κ3) is 2.89. The second-order valence-electron chi connectivity index (χ2n) is 3.97. The fourth-order valence-corrected chi connectivity index (χ4v) is 1.62. The summed E-state index contributed by atoms with van der Waals surface area (Å²) in [5.74, 6) is -0.235. The number of nitrogen functional groups attached to an aromatic ring is 1. The maximum Gasteiger partial charge on any atom is 0.272 e. The first-order valence-corrected chi connectivity index (χ1v) is 5.64. The summed E-state index contributed by atoms with van der Waals surface area (Å²) in [5.41, 5.74) is 8.21. The van der Waals surface area contributed by atoms with Gasteiger partial charge in [-0.15, -0.1) is 0 Å². The van der Waals surface area contributed by atoms with Gasteiger partial charge < -0.3 is 21.1 Å². The molecular weight excluding hydrogens is 230 g/mol. The van der Waals surface area contributed by atoms with E-state index in [9.17, 15) is 4.79 Å². The third-order valence-electron chi connectivity index (χ3n) is 2.56. The summed E-state index contributed by atoms with van der Waals surface area (Å²) >= 11 is 0. The monoisotopic (exact) mass is 245 g/mol. The molecule has 1 amide bonds. The van der Waals surface area contributed by atoms with E-state index in [1.165, 1.54) is 0 Å². The number of hydrogen-bond acceptors (Lipinski definition) is 3. The van der Waals surface area contributed by atoms with Crippen molar-refractivity contribution in [2.45, 2.75) is 6.42 Å². The molecule has 94 valence electrons. The molecule has 0 saturated carbocycles. The lowest BCUT2D eigenvalue weighted by Crippen LogP contribution is -2.12. The van der Waals surface area contributed by atoms with Crippen molar-refractivity contribution in [2.24, 2.45) is 0 Å². The Balaban J connectivity index is 2.03. The maximum absolute atomic E-state index is 11.8. The minimum Gasteiger partial charge on any atom is -0.397 e. The summed E-state index contributed by atoms with van der Waals surface area (Å²) in [6.07, 6.45) is 2.18. The number of amides is 1. The normalized spacial score (nSPS) is 10.3. The maximum atomic E-state index is 11.8. The van der Waals surface area contributed by atoms with Crippen molar-refractivity contribution >= 4 is 17.3 Å². The summed E-state index contributed by atoms with van der Waals surface area (Å²) in [6, 6.07) is 8.92. The largest absolute Gasteiger partial charge is 0.397 e. The van der Waals surface area contributed by atoms with Crippen molar-refractivity contribution in [3.63, 3.8) is 0 Å². The molecule has 5 heteroatoms. The number of rotatable bonds is 4. The van der Waals surface area contributed by atoms with E-state index in [-0.39, 0.29) is 12.5 Å². The first-order chi connectivity index (χ1) is 8.69. The quantitative estimate of drug-likeness (QED) is 0.656. The zero-order valence-electron chi connectivity index (χ0n) is 9.81. The van der Waals surface area contributed by atoms with Crippen LogP contribution in [0, 0.1) is 0 Å². The molecule has 0 atom stereocenters. The van der Waals surface area contributed by atoms with E-state index in [2.05, 4.69) is 10.3 Å². The molecule has 5 nitrogen and oxygen atoms in total. The van der Waals surface area contributed by atoms with Crippen molar-refractivity contribution < 1.29 is 9.90 Å². The molecule has 0 aliphatic heterocycles. The highest BCUT2D eigenvalue weighted by atomic mass is 16.2. The summed E-state index contributed by atoms with van der Waals surface area (Å²) in [5, 5.41) is 11.6. The van der Waals surface area contributed by atoms with Crippen LogP contribution in [-0.2, 0) is 6.42 Å². The molecular formula is C13H15N3O2. The highest BCUT2D eigenvalue weighted by molar-refractivity contribution is 6.03. The molecule has 0 bridgehead atoms. The fourth-order valence-electron chi connectivity index (χ4n) is 1.62. The molecule has 0 saturated heterocycles. The minimum atomic E-state index is -0.235. The van der Waals surface area contributed by atoms with Crippen molar-refractivity contribution in [3.8, 4) is 0 Å². The molecule has 18 heavy (non-hydrogen) atoms. The number of nitrogens with one attached hydrogen (secondary N) is 2. The van der Waals surface area contributed by atoms with Crippen LogP contribution in [0.1, 0.15) is 16.1 Å². The second-order valence-corrected chi connectivity index (χ2v) is 3.97. The number of aromatic nitrogens is 1. The zero-order valence-corrected chi connectivity index (χ0v) is 9.81. The van der Waals surface area contributed by atoms with E-state index < -0.39 is 0 Å². The van der Waals surface area contributed by atoms with Crippen LogP contribution in [-0.4, -0.2) is 22.6 Å². The van der Waals surface area contributed by atoms with E-state index in [0.29, 0.717) is 23.5 Å². The number of nitrogens with two attached hydrogens (primary N) is 1. The fraction of sp³-hybridized carbons (Fsp3) is 0.154. The molecule has 1 heterocycles. The number of hydrogen-bond donors (Lipinski definition) is 4. The lowest BCUT2D eigenvalue weighted by molar-refractivity contribution is 0.102. The molecule has 0 fully saturated rings. The lowest BCUT2D eigenvalue weighted by atomic mass is 10.1. The van der Waals surface area contributed by atoms with Gasteiger partial charge in [0.15, 0.2) is 0 Å². The van der Waals surface area contributed by atoms with E-state index in [4.69, 9.17) is 10.8 Å². The smallest absolute Gasteiger partial charge is 0.272 e. The van der Waals surface area contributed by atoms with Crippen LogP contribution in [0.3, 0.4) is 0 Å². The predicted octanol–water partition coefficient (Wildman–Crippen LogP) is 1.38. The van der Waals surface area contributed by atoms with Crippen LogP contribution in [0.4, 0.5) is 11.4 Å². The van der Waals surface area contributed by atoms with Gasteiger partial charge in [-0.3, -0.25) is 4.79 Å². The van der Waals surface area contributed by atoms with Crippen molar-refractivity contribution in [2.75, 3.05) is 17.7 Å². The molecule has 2 aromatic rings. The van der Waals surface area contributed by atoms with Crippen LogP contribution in [0.5, 0.6) is 0 Å². The second kappa shape index (κ2) is 5.37. The molecule has 5 N–H and O–H groups in total. The topological polar surface area (TPSA) is 91.1 Å². The van der Waals surface area contributed by atoms with Crippen LogP contribution in [0.15, 0.2) is 36.5 Å². The standard InChI is InChI=1S/C13H15N3O2/c14-10-7-12(15-8-10)13(18)16-11-3-1-9(2-4-11)5-6-17/h1-4,7-8,15,17H,5-6,14H2,(H,16,18). The first-order valence-electron chi connectivity index (χ1n) is 5.64. The minimum absolute atomic E-state index is 0.119. The Bertz CT molecular complexity index is 531. The van der Waals surface area contributed by atoms with Crippen LogP contribution in [0.2, 0.25) is 0 Å². The number of carbonyl (C=O) groups is 1. The van der Waals surface area contributed by atoms with Crippen LogP contribution < -0.4 is 11.1 Å². The zero-order chi connectivity index (χ0) is 13.0. The average Bonchev–Trinajstić information content (AvgIpc) is 2.79. The van der Waals surface area contributed by atoms with Crippen LogP contribution >= 0.6 is 0 Å². The summed E-state index contributed by atoms with van der Waals surface area (Å²) in [6.45, 7) is 0.119. The Hall–Kier alpha value is -2.27. The van der Waals surface area contributed by atoms with Gasteiger partial charge in [-0.05, 0) is 30.2 Å². The number of carbonyl (C=O) groups excluding carboxylic acids is 1. The predicted molar refractivity (Wildman–Crippen MR) is 70.4 cm³/mol. The van der Waals surface area contributed by atoms with E-state index in [1.54, 1.807) is 24.4 Å². The Labute approximate surface area is 105 Å². The number of aromatic amines is 1. The van der Waals surface area contributed by atoms with Gasteiger partial charge in [-0.25, -0.2) is 0 Å². The average molecular weight is 245 g/mol. The van der Waals surface area contributed by atoms with Gasteiger partial charge in [-0.1, -0.05) is 12.1 Å². The number of anilines is 2. The van der Waals surface area contributed by atoms with Gasteiger partial charge in [0.1, 0.15) is 5.69 Å². The Morgan fingerprint density at radius 2 is 2.06 bits per heavy atom. The van der Waals surface area contributed by atoms with Gasteiger partial charge in [0.2, 0.25) is 0 Å². The van der Waals surface area contributed by atoms with Gasteiger partial charge in [-0.2, -0.15) is 0 Å². The van der Waals surface area contributed by atoms with Gasteiger partial charge >= 0.3 is 0 Å².